The SMILES string of the molecule is COc1cc(/C=C(/F)C(=O)NCc2cccc(-c3ccccc3)n2)ccc1-n1cnc(C)c1. The highest BCUT2D eigenvalue weighted by Gasteiger charge is 2.12. The van der Waals surface area contributed by atoms with E-state index in [0.29, 0.717) is 17.0 Å². The Labute approximate surface area is 191 Å². The van der Waals surface area contributed by atoms with Gasteiger partial charge in [0.2, 0.25) is 0 Å². The lowest BCUT2D eigenvalue weighted by atomic mass is 10.1. The molecule has 0 spiro atoms. The zero-order valence-corrected chi connectivity index (χ0v) is 18.3. The molecular weight excluding hydrogens is 419 g/mol. The van der Waals surface area contributed by atoms with Gasteiger partial charge in [-0.3, -0.25) is 9.78 Å². The van der Waals surface area contributed by atoms with Crippen LogP contribution in [0.2, 0.25) is 0 Å². The van der Waals surface area contributed by atoms with E-state index in [-0.39, 0.29) is 6.54 Å². The number of carbonyl (C=O) groups is 1. The zero-order chi connectivity index (χ0) is 23.2. The second-order valence-electron chi connectivity index (χ2n) is 7.41. The Morgan fingerprint density at radius 2 is 1.94 bits per heavy atom. The number of pyridine rings is 1. The molecule has 0 fully saturated rings. The Kier molecular flexibility index (Phi) is 6.59. The molecule has 4 aromatic rings. The highest BCUT2D eigenvalue weighted by molar-refractivity contribution is 5.95. The number of hydrogen-bond donors (Lipinski definition) is 1. The number of halogens is 1. The number of aromatic nitrogens is 3. The molecular formula is C26H23FN4O2. The molecule has 0 saturated heterocycles. The van der Waals surface area contributed by atoms with Crippen molar-refractivity contribution in [3.8, 4) is 22.7 Å². The van der Waals surface area contributed by atoms with Gasteiger partial charge in [0.25, 0.3) is 5.91 Å². The van der Waals surface area contributed by atoms with E-state index in [1.54, 1.807) is 30.6 Å². The third-order valence-electron chi connectivity index (χ3n) is 5.01. The summed E-state index contributed by atoms with van der Waals surface area (Å²) >= 11 is 0. The molecule has 0 saturated carbocycles. The van der Waals surface area contributed by atoms with Gasteiger partial charge in [-0.15, -0.1) is 0 Å². The van der Waals surface area contributed by atoms with Crippen molar-refractivity contribution in [3.63, 3.8) is 0 Å². The van der Waals surface area contributed by atoms with Crippen molar-refractivity contribution in [1.82, 2.24) is 19.9 Å². The van der Waals surface area contributed by atoms with E-state index in [0.717, 1.165) is 22.6 Å². The fourth-order valence-corrected chi connectivity index (χ4v) is 3.37. The second kappa shape index (κ2) is 9.91. The summed E-state index contributed by atoms with van der Waals surface area (Å²) in [4.78, 5) is 21.0. The van der Waals surface area contributed by atoms with Gasteiger partial charge in [0, 0.05) is 11.8 Å². The van der Waals surface area contributed by atoms with Crippen LogP contribution in [0.3, 0.4) is 0 Å². The first-order valence-corrected chi connectivity index (χ1v) is 10.4. The Hall–Kier alpha value is -4.26. The molecule has 2 aromatic carbocycles. The van der Waals surface area contributed by atoms with Crippen LogP contribution in [0.5, 0.6) is 5.75 Å². The molecule has 1 N–H and O–H groups in total. The number of ether oxygens (including phenoxy) is 1. The van der Waals surface area contributed by atoms with Gasteiger partial charge in [0.05, 0.1) is 42.8 Å². The molecule has 166 valence electrons. The Bertz CT molecular complexity index is 1300. The van der Waals surface area contributed by atoms with Crippen LogP contribution in [-0.2, 0) is 11.3 Å². The van der Waals surface area contributed by atoms with Crippen LogP contribution in [0, 0.1) is 6.92 Å². The van der Waals surface area contributed by atoms with Crippen LogP contribution in [-0.4, -0.2) is 27.6 Å². The van der Waals surface area contributed by atoms with Crippen LogP contribution < -0.4 is 10.1 Å². The quantitative estimate of drug-likeness (QED) is 0.414. The molecule has 0 aliphatic carbocycles. The van der Waals surface area contributed by atoms with Crippen molar-refractivity contribution in [3.05, 3.63) is 102 Å². The summed E-state index contributed by atoms with van der Waals surface area (Å²) < 4.78 is 21.8. The van der Waals surface area contributed by atoms with E-state index in [4.69, 9.17) is 4.74 Å². The summed E-state index contributed by atoms with van der Waals surface area (Å²) in [7, 11) is 1.54. The van der Waals surface area contributed by atoms with Gasteiger partial charge in [-0.25, -0.2) is 9.37 Å². The molecule has 0 unspecified atom stereocenters. The average Bonchev–Trinajstić information content (AvgIpc) is 3.29. The molecule has 0 bridgehead atoms. The van der Waals surface area contributed by atoms with E-state index in [9.17, 15) is 9.18 Å². The van der Waals surface area contributed by atoms with Gasteiger partial charge >= 0.3 is 0 Å². The molecule has 1 amide bonds. The number of aryl methyl sites for hydroxylation is 1. The van der Waals surface area contributed by atoms with Crippen molar-refractivity contribution in [2.24, 2.45) is 0 Å². The topological polar surface area (TPSA) is 69.0 Å². The van der Waals surface area contributed by atoms with E-state index < -0.39 is 11.7 Å². The van der Waals surface area contributed by atoms with Crippen LogP contribution in [0.1, 0.15) is 17.0 Å². The molecule has 0 radical (unpaired) electrons. The van der Waals surface area contributed by atoms with Crippen LogP contribution in [0.4, 0.5) is 4.39 Å². The smallest absolute Gasteiger partial charge is 0.280 e. The maximum absolute atomic E-state index is 14.6. The van der Waals surface area contributed by atoms with Gasteiger partial charge in [-0.1, -0.05) is 42.5 Å². The monoisotopic (exact) mass is 442 g/mol. The molecule has 6 nitrogen and oxygen atoms in total. The molecule has 2 heterocycles. The second-order valence-corrected chi connectivity index (χ2v) is 7.41. The van der Waals surface area contributed by atoms with Gasteiger partial charge in [-0.2, -0.15) is 0 Å². The first-order chi connectivity index (χ1) is 16.0. The number of methoxy groups -OCH3 is 1. The normalized spacial score (nSPS) is 11.3. The largest absolute Gasteiger partial charge is 0.495 e. The van der Waals surface area contributed by atoms with Crippen molar-refractivity contribution in [1.29, 1.82) is 0 Å². The fourth-order valence-electron chi connectivity index (χ4n) is 3.37. The number of hydrogen-bond acceptors (Lipinski definition) is 4. The lowest BCUT2D eigenvalue weighted by Crippen LogP contribution is -2.23. The van der Waals surface area contributed by atoms with Crippen molar-refractivity contribution >= 4 is 12.0 Å². The summed E-state index contributed by atoms with van der Waals surface area (Å²) in [5.41, 5.74) is 4.54. The van der Waals surface area contributed by atoms with Gasteiger partial charge < -0.3 is 14.6 Å². The number of nitrogens with one attached hydrogen (secondary N) is 1. The summed E-state index contributed by atoms with van der Waals surface area (Å²) in [6.45, 7) is 2.00. The summed E-state index contributed by atoms with van der Waals surface area (Å²) in [5, 5.41) is 2.58. The summed E-state index contributed by atoms with van der Waals surface area (Å²) in [6.07, 6.45) is 4.72. The number of benzene rings is 2. The van der Waals surface area contributed by atoms with Crippen LogP contribution in [0.15, 0.2) is 85.1 Å². The molecule has 7 heteroatoms. The standard InChI is InChI=1S/C26H23FN4O2/c1-18-16-31(17-29-18)24-12-11-19(14-25(24)33-2)13-22(27)26(32)28-15-21-9-6-10-23(30-21)20-7-4-3-5-8-20/h3-14,16-17H,15H2,1-2H3,(H,28,32)/b22-13+. The molecule has 0 atom stereocenters. The van der Waals surface area contributed by atoms with Crippen LogP contribution in [0.25, 0.3) is 23.0 Å². The lowest BCUT2D eigenvalue weighted by molar-refractivity contribution is -0.118. The minimum atomic E-state index is -0.900. The number of nitrogens with zero attached hydrogens (tertiary/aromatic N) is 3. The van der Waals surface area contributed by atoms with Gasteiger partial charge in [0.1, 0.15) is 5.75 Å². The highest BCUT2D eigenvalue weighted by atomic mass is 19.1. The fraction of sp³-hybridized carbons (Fsp3) is 0.115. The molecule has 2 aromatic heterocycles. The summed E-state index contributed by atoms with van der Waals surface area (Å²) in [5.74, 6) is -1.17. The summed E-state index contributed by atoms with van der Waals surface area (Å²) in [6, 6.07) is 20.4. The average molecular weight is 442 g/mol. The lowest BCUT2D eigenvalue weighted by Gasteiger charge is -2.10. The number of rotatable bonds is 7. The molecule has 0 aliphatic heterocycles. The number of amides is 1. The first kappa shape index (κ1) is 22.0. The van der Waals surface area contributed by atoms with E-state index in [1.807, 2.05) is 60.2 Å². The maximum atomic E-state index is 14.6. The first-order valence-electron chi connectivity index (χ1n) is 10.4. The third-order valence-corrected chi connectivity index (χ3v) is 5.01. The third kappa shape index (κ3) is 5.33. The minimum Gasteiger partial charge on any atom is -0.495 e. The van der Waals surface area contributed by atoms with Gasteiger partial charge in [0.15, 0.2) is 5.83 Å². The predicted octanol–water partition coefficient (Wildman–Crippen LogP) is 4.88. The van der Waals surface area contributed by atoms with E-state index >= 15 is 0 Å². The van der Waals surface area contributed by atoms with Gasteiger partial charge in [-0.05, 0) is 42.8 Å². The highest BCUT2D eigenvalue weighted by Crippen LogP contribution is 2.26. The van der Waals surface area contributed by atoms with E-state index in [1.165, 1.54) is 13.2 Å². The van der Waals surface area contributed by atoms with E-state index in [2.05, 4.69) is 15.3 Å². The maximum Gasteiger partial charge on any atom is 0.280 e. The molecule has 33 heavy (non-hydrogen) atoms. The Balaban J connectivity index is 1.44. The van der Waals surface area contributed by atoms with Crippen molar-refractivity contribution < 1.29 is 13.9 Å². The zero-order valence-electron chi connectivity index (χ0n) is 18.3. The minimum absolute atomic E-state index is 0.114. The number of imidazole rings is 1. The Morgan fingerprint density at radius 1 is 1.12 bits per heavy atom. The molecule has 0 aliphatic rings. The Morgan fingerprint density at radius 3 is 2.67 bits per heavy atom. The number of carbonyl (C=O) groups excluding carboxylic acids is 1. The van der Waals surface area contributed by atoms with Crippen LogP contribution >= 0.6 is 0 Å². The van der Waals surface area contributed by atoms with Crippen molar-refractivity contribution in [2.75, 3.05) is 7.11 Å². The van der Waals surface area contributed by atoms with Crippen molar-refractivity contribution in [2.45, 2.75) is 13.5 Å². The predicted molar refractivity (Wildman–Crippen MR) is 125 cm³/mol. The molecule has 4 rings (SSSR count).